The Morgan fingerprint density at radius 3 is 2.29 bits per heavy atom. The first-order chi connectivity index (χ1) is 9.75. The van der Waals surface area contributed by atoms with Crippen LogP contribution in [0.15, 0.2) is 24.3 Å². The molecule has 0 amide bonds. The fourth-order valence-electron chi connectivity index (χ4n) is 1.65. The number of nitro benzene ring substituents is 1. The topological polar surface area (TPSA) is 111 Å². The number of non-ortho nitro benzene ring substituents is 1. The lowest BCUT2D eigenvalue weighted by Gasteiger charge is -2.03. The molecule has 0 saturated heterocycles. The molecule has 0 unspecified atom stereocenters. The molecule has 1 aromatic carbocycles. The number of hydrogen-bond donors (Lipinski definition) is 1. The Morgan fingerprint density at radius 2 is 1.90 bits per heavy atom. The first kappa shape index (κ1) is 14.3. The number of nitrogen functional groups attached to an aromatic ring is 1. The van der Waals surface area contributed by atoms with E-state index < -0.39 is 28.2 Å². The Labute approximate surface area is 115 Å². The van der Waals surface area contributed by atoms with Crippen molar-refractivity contribution in [3.05, 3.63) is 45.6 Å². The monoisotopic (exact) mass is 297 g/mol. The largest absolute Gasteiger partial charge is 0.436 e. The highest BCUT2D eigenvalue weighted by atomic mass is 19.4. The Morgan fingerprint density at radius 1 is 1.33 bits per heavy atom. The van der Waals surface area contributed by atoms with Crippen molar-refractivity contribution < 1.29 is 18.1 Å². The Balaban J connectivity index is 2.58. The van der Waals surface area contributed by atoms with Gasteiger partial charge in [-0.15, -0.1) is 0 Å². The van der Waals surface area contributed by atoms with Crippen LogP contribution in [0.5, 0.6) is 0 Å². The number of anilines is 1. The molecule has 108 valence electrons. The Kier molecular flexibility index (Phi) is 3.26. The second-order valence-corrected chi connectivity index (χ2v) is 3.90. The molecule has 1 heterocycles. The average molecular weight is 297 g/mol. The van der Waals surface area contributed by atoms with E-state index in [4.69, 9.17) is 11.0 Å². The van der Waals surface area contributed by atoms with Gasteiger partial charge in [0.2, 0.25) is 0 Å². The van der Waals surface area contributed by atoms with Crippen LogP contribution in [0.2, 0.25) is 0 Å². The van der Waals surface area contributed by atoms with Gasteiger partial charge in [0.05, 0.1) is 10.6 Å². The second-order valence-electron chi connectivity index (χ2n) is 3.90. The van der Waals surface area contributed by atoms with E-state index in [0.29, 0.717) is 4.68 Å². The van der Waals surface area contributed by atoms with Gasteiger partial charge in [-0.25, -0.2) is 4.68 Å². The van der Waals surface area contributed by atoms with Crippen LogP contribution in [0, 0.1) is 21.4 Å². The van der Waals surface area contributed by atoms with Gasteiger partial charge in [0, 0.05) is 12.1 Å². The molecular formula is C11H6F3N5O2. The molecule has 0 aliphatic carbocycles. The van der Waals surface area contributed by atoms with E-state index in [1.165, 1.54) is 18.2 Å². The standard InChI is InChI=1S/C11H6F3N5O2/c12-11(13,14)9-8(5-15)10(16)18(17-9)6-1-3-7(4-2-6)19(20)21/h1-4H,16H2. The minimum atomic E-state index is -4.83. The SMILES string of the molecule is N#Cc1c(C(F)(F)F)nn(-c2ccc([N+](=O)[O-])cc2)c1N. The number of hydrogen-bond acceptors (Lipinski definition) is 5. The quantitative estimate of drug-likeness (QED) is 0.675. The highest BCUT2D eigenvalue weighted by Gasteiger charge is 2.39. The smallest absolute Gasteiger partial charge is 0.382 e. The fourth-order valence-corrected chi connectivity index (χ4v) is 1.65. The van der Waals surface area contributed by atoms with Crippen LogP contribution >= 0.6 is 0 Å². The van der Waals surface area contributed by atoms with Gasteiger partial charge in [-0.3, -0.25) is 10.1 Å². The molecule has 1 aromatic heterocycles. The van der Waals surface area contributed by atoms with Crippen molar-refractivity contribution in [1.29, 1.82) is 5.26 Å². The zero-order chi connectivity index (χ0) is 15.8. The molecule has 0 bridgehead atoms. The Bertz CT molecular complexity index is 743. The third-order valence-corrected chi connectivity index (χ3v) is 2.61. The maximum absolute atomic E-state index is 12.7. The van der Waals surface area contributed by atoms with Crippen molar-refractivity contribution in [1.82, 2.24) is 9.78 Å². The molecule has 0 fully saturated rings. The summed E-state index contributed by atoms with van der Waals surface area (Å²) in [6.07, 6.45) is -4.83. The van der Waals surface area contributed by atoms with Crippen LogP contribution in [-0.2, 0) is 6.18 Å². The molecule has 0 spiro atoms. The molecule has 0 atom stereocenters. The maximum Gasteiger partial charge on any atom is 0.436 e. The van der Waals surface area contributed by atoms with Gasteiger partial charge in [-0.2, -0.15) is 23.5 Å². The van der Waals surface area contributed by atoms with Crippen LogP contribution in [0.1, 0.15) is 11.3 Å². The van der Waals surface area contributed by atoms with Crippen molar-refractivity contribution in [2.45, 2.75) is 6.18 Å². The Hall–Kier alpha value is -3.09. The summed E-state index contributed by atoms with van der Waals surface area (Å²) >= 11 is 0. The van der Waals surface area contributed by atoms with Gasteiger partial charge in [0.25, 0.3) is 5.69 Å². The summed E-state index contributed by atoms with van der Waals surface area (Å²) in [5.74, 6) is -0.487. The molecule has 2 rings (SSSR count). The summed E-state index contributed by atoms with van der Waals surface area (Å²) in [7, 11) is 0. The van der Waals surface area contributed by atoms with E-state index in [9.17, 15) is 23.3 Å². The normalized spacial score (nSPS) is 11.1. The lowest BCUT2D eigenvalue weighted by Crippen LogP contribution is -2.08. The summed E-state index contributed by atoms with van der Waals surface area (Å²) in [4.78, 5) is 9.86. The van der Waals surface area contributed by atoms with Crippen LogP contribution in [-0.4, -0.2) is 14.7 Å². The first-order valence-corrected chi connectivity index (χ1v) is 5.36. The summed E-state index contributed by atoms with van der Waals surface area (Å²) in [6, 6.07) is 5.91. The number of nitrogens with zero attached hydrogens (tertiary/aromatic N) is 4. The van der Waals surface area contributed by atoms with Gasteiger partial charge < -0.3 is 5.73 Å². The van der Waals surface area contributed by atoms with E-state index >= 15 is 0 Å². The number of halogens is 3. The molecule has 21 heavy (non-hydrogen) atoms. The molecule has 2 aromatic rings. The lowest BCUT2D eigenvalue weighted by atomic mass is 10.2. The van der Waals surface area contributed by atoms with Crippen LogP contribution in [0.25, 0.3) is 5.69 Å². The van der Waals surface area contributed by atoms with Crippen molar-refractivity contribution in [2.75, 3.05) is 5.73 Å². The second kappa shape index (κ2) is 4.78. The van der Waals surface area contributed by atoms with Gasteiger partial charge >= 0.3 is 6.18 Å². The number of nitrogens with two attached hydrogens (primary N) is 1. The van der Waals surface area contributed by atoms with Gasteiger partial charge in [0.1, 0.15) is 17.5 Å². The zero-order valence-corrected chi connectivity index (χ0v) is 10.1. The number of benzene rings is 1. The minimum Gasteiger partial charge on any atom is -0.382 e. The molecule has 0 saturated carbocycles. The lowest BCUT2D eigenvalue weighted by molar-refractivity contribution is -0.384. The van der Waals surface area contributed by atoms with Crippen molar-refractivity contribution in [2.24, 2.45) is 0 Å². The van der Waals surface area contributed by atoms with E-state index in [2.05, 4.69) is 5.10 Å². The van der Waals surface area contributed by atoms with E-state index in [1.807, 2.05) is 0 Å². The summed E-state index contributed by atoms with van der Waals surface area (Å²) < 4.78 is 38.9. The summed E-state index contributed by atoms with van der Waals surface area (Å²) in [5.41, 5.74) is 3.13. The number of aromatic nitrogens is 2. The van der Waals surface area contributed by atoms with Crippen LogP contribution in [0.3, 0.4) is 0 Å². The first-order valence-electron chi connectivity index (χ1n) is 5.36. The molecule has 10 heteroatoms. The fraction of sp³-hybridized carbons (Fsp3) is 0.0909. The van der Waals surface area contributed by atoms with E-state index in [-0.39, 0.29) is 11.4 Å². The highest BCUT2D eigenvalue weighted by Crippen LogP contribution is 2.34. The molecular weight excluding hydrogens is 291 g/mol. The summed E-state index contributed by atoms with van der Waals surface area (Å²) in [5, 5.41) is 22.6. The number of nitro groups is 1. The van der Waals surface area contributed by atoms with Crippen molar-refractivity contribution in [3.63, 3.8) is 0 Å². The van der Waals surface area contributed by atoms with E-state index in [1.54, 1.807) is 0 Å². The third kappa shape index (κ3) is 2.48. The summed E-state index contributed by atoms with van der Waals surface area (Å²) in [6.45, 7) is 0. The third-order valence-electron chi connectivity index (χ3n) is 2.61. The molecule has 2 N–H and O–H groups in total. The van der Waals surface area contributed by atoms with Gasteiger partial charge in [-0.05, 0) is 12.1 Å². The number of rotatable bonds is 2. The molecule has 7 nitrogen and oxygen atoms in total. The van der Waals surface area contributed by atoms with Crippen LogP contribution < -0.4 is 5.73 Å². The predicted octanol–water partition coefficient (Wildman–Crippen LogP) is 2.25. The van der Waals surface area contributed by atoms with Gasteiger partial charge in [0.15, 0.2) is 5.69 Å². The highest BCUT2D eigenvalue weighted by molar-refractivity contribution is 5.57. The average Bonchev–Trinajstić information content (AvgIpc) is 2.75. The molecule has 0 radical (unpaired) electrons. The van der Waals surface area contributed by atoms with Gasteiger partial charge in [-0.1, -0.05) is 0 Å². The van der Waals surface area contributed by atoms with Crippen molar-refractivity contribution >= 4 is 11.5 Å². The van der Waals surface area contributed by atoms with E-state index in [0.717, 1.165) is 12.1 Å². The zero-order valence-electron chi connectivity index (χ0n) is 10.1. The van der Waals surface area contributed by atoms with Crippen molar-refractivity contribution in [3.8, 4) is 11.8 Å². The molecule has 0 aliphatic rings. The predicted molar refractivity (Wildman–Crippen MR) is 64.3 cm³/mol. The number of alkyl halides is 3. The molecule has 0 aliphatic heterocycles. The van der Waals surface area contributed by atoms with Crippen LogP contribution in [0.4, 0.5) is 24.7 Å². The maximum atomic E-state index is 12.7. The minimum absolute atomic E-state index is 0.0742. The number of nitriles is 1.